The molecule has 0 unspecified atom stereocenters. The third kappa shape index (κ3) is 2.61. The fourth-order valence-electron chi connectivity index (χ4n) is 8.59. The molecule has 5 aliphatic carbocycles. The maximum Gasteiger partial charge on any atom is 0.220 e. The number of allylic oxidation sites excluding steroid dienone is 7. The molecule has 0 spiro atoms. The molecule has 5 aliphatic rings. The zero-order valence-electron chi connectivity index (χ0n) is 21.1. The van der Waals surface area contributed by atoms with Crippen molar-refractivity contribution in [3.63, 3.8) is 0 Å². The molecule has 3 fully saturated rings. The first-order valence-electron chi connectivity index (χ1n) is 12.6. The maximum atomic E-state index is 12.4. The maximum absolute atomic E-state index is 12.4. The Morgan fingerprint density at radius 2 is 1.59 bits per heavy atom. The highest BCUT2D eigenvalue weighted by molar-refractivity contribution is 6.05. The number of carbonyl (C=O) groups excluding carboxylic acids is 1. The van der Waals surface area contributed by atoms with Gasteiger partial charge in [-0.3, -0.25) is 4.79 Å². The van der Waals surface area contributed by atoms with Crippen molar-refractivity contribution in [2.45, 2.75) is 85.1 Å². The van der Waals surface area contributed by atoms with Crippen molar-refractivity contribution < 1.29 is 9.90 Å². The lowest BCUT2D eigenvalue weighted by molar-refractivity contribution is -0.162. The topological polar surface area (TPSA) is 40.5 Å². The molecule has 0 heterocycles. The summed E-state index contributed by atoms with van der Waals surface area (Å²) in [5, 5.41) is 10.0. The van der Waals surface area contributed by atoms with E-state index in [0.717, 1.165) is 17.6 Å². The van der Waals surface area contributed by atoms with Crippen LogP contribution < -0.4 is 0 Å². The van der Waals surface area contributed by atoms with Crippen LogP contribution in [0.2, 0.25) is 0 Å². The predicted octanol–water partition coefficient (Wildman–Crippen LogP) is 6.54. The van der Waals surface area contributed by atoms with E-state index in [-0.39, 0.29) is 33.3 Å². The molecule has 3 nitrogen and oxygen atoms in total. The fourth-order valence-corrected chi connectivity index (χ4v) is 8.59. The van der Waals surface area contributed by atoms with Crippen molar-refractivity contribution >= 4 is 5.78 Å². The van der Waals surface area contributed by atoms with Gasteiger partial charge < -0.3 is 10.0 Å². The molecule has 0 bridgehead atoms. The number of hydrogen-bond donors (Lipinski definition) is 1. The van der Waals surface area contributed by atoms with Gasteiger partial charge in [0.25, 0.3) is 0 Å². The zero-order chi connectivity index (χ0) is 23.3. The lowest BCUT2D eigenvalue weighted by atomic mass is 9.35. The Hall–Kier alpha value is -1.61. The van der Waals surface area contributed by atoms with Gasteiger partial charge in [0.1, 0.15) is 0 Å². The van der Waals surface area contributed by atoms with E-state index >= 15 is 0 Å². The summed E-state index contributed by atoms with van der Waals surface area (Å²) in [5.41, 5.74) is 4.57. The predicted molar refractivity (Wildman–Crippen MR) is 130 cm³/mol. The van der Waals surface area contributed by atoms with Gasteiger partial charge in [0.15, 0.2) is 5.76 Å². The van der Waals surface area contributed by atoms with Crippen LogP contribution in [0.3, 0.4) is 0 Å². The summed E-state index contributed by atoms with van der Waals surface area (Å²) in [6, 6.07) is 0. The highest BCUT2D eigenvalue weighted by Crippen LogP contribution is 2.75. The van der Waals surface area contributed by atoms with Crippen molar-refractivity contribution in [2.24, 2.45) is 27.6 Å². The molecule has 0 aromatic carbocycles. The van der Waals surface area contributed by atoms with Gasteiger partial charge in [-0.25, -0.2) is 0 Å². The Balaban J connectivity index is 1.62. The lowest BCUT2D eigenvalue weighted by Crippen LogP contribution is -2.63. The normalized spacial score (nSPS) is 47.9. The summed E-state index contributed by atoms with van der Waals surface area (Å²) in [6.45, 7) is 12.5. The second-order valence-electron chi connectivity index (χ2n) is 13.0. The minimum absolute atomic E-state index is 0.115. The number of rotatable bonds is 1. The van der Waals surface area contributed by atoms with E-state index in [1.807, 2.05) is 0 Å². The lowest BCUT2D eigenvalue weighted by Gasteiger charge is -2.70. The number of aliphatic hydroxyl groups is 1. The first kappa shape index (κ1) is 22.2. The van der Waals surface area contributed by atoms with Gasteiger partial charge in [0, 0.05) is 11.0 Å². The first-order valence-corrected chi connectivity index (χ1v) is 12.6. The molecule has 6 atom stereocenters. The van der Waals surface area contributed by atoms with Crippen molar-refractivity contribution in [2.75, 3.05) is 14.1 Å². The van der Waals surface area contributed by atoms with Crippen LogP contribution in [0.25, 0.3) is 0 Å². The number of fused-ring (bicyclic) bond motifs is 7. The molecule has 3 saturated carbocycles. The van der Waals surface area contributed by atoms with E-state index in [1.54, 1.807) is 12.2 Å². The summed E-state index contributed by atoms with van der Waals surface area (Å²) < 4.78 is 0. The van der Waals surface area contributed by atoms with E-state index < -0.39 is 0 Å². The molecule has 0 radical (unpaired) electrons. The molecule has 0 aliphatic heterocycles. The van der Waals surface area contributed by atoms with Crippen LogP contribution in [-0.4, -0.2) is 35.4 Å². The second kappa shape index (κ2) is 6.50. The SMILES string of the molecule is CN(C)[C@]1(C)CC[C@]2(C)CC[C@]3(C)C4=CC=C5C=C(O)C(=O)C=C5[C@]4(C)CC[C@@]3(C)[C@@H]2C1. The molecule has 0 amide bonds. The van der Waals surface area contributed by atoms with E-state index in [0.29, 0.717) is 11.3 Å². The van der Waals surface area contributed by atoms with Gasteiger partial charge in [-0.1, -0.05) is 45.4 Å². The van der Waals surface area contributed by atoms with Crippen LogP contribution in [0.4, 0.5) is 0 Å². The molecule has 5 rings (SSSR count). The zero-order valence-corrected chi connectivity index (χ0v) is 21.1. The van der Waals surface area contributed by atoms with Crippen molar-refractivity contribution in [1.82, 2.24) is 4.90 Å². The van der Waals surface area contributed by atoms with Crippen LogP contribution in [-0.2, 0) is 4.79 Å². The summed E-state index contributed by atoms with van der Waals surface area (Å²) in [7, 11) is 4.52. The largest absolute Gasteiger partial charge is 0.504 e. The van der Waals surface area contributed by atoms with Gasteiger partial charge in [-0.15, -0.1) is 0 Å². The minimum atomic E-state index is -0.247. The summed E-state index contributed by atoms with van der Waals surface area (Å²) >= 11 is 0. The average Bonchev–Trinajstić information content (AvgIpc) is 2.73. The average molecular weight is 436 g/mol. The second-order valence-corrected chi connectivity index (χ2v) is 13.0. The van der Waals surface area contributed by atoms with E-state index in [1.165, 1.54) is 44.1 Å². The molecule has 32 heavy (non-hydrogen) atoms. The van der Waals surface area contributed by atoms with Crippen LogP contribution in [0.5, 0.6) is 0 Å². The number of ketones is 1. The number of hydrogen-bond acceptors (Lipinski definition) is 3. The summed E-state index contributed by atoms with van der Waals surface area (Å²) in [4.78, 5) is 14.9. The Kier molecular flexibility index (Phi) is 4.51. The van der Waals surface area contributed by atoms with Crippen LogP contribution in [0, 0.1) is 27.6 Å². The highest BCUT2D eigenvalue weighted by atomic mass is 16.3. The van der Waals surface area contributed by atoms with Crippen LogP contribution in [0.15, 0.2) is 46.8 Å². The quantitative estimate of drug-likeness (QED) is 0.508. The summed E-state index contributed by atoms with van der Waals surface area (Å²) in [6.07, 6.45) is 16.6. The third-order valence-corrected chi connectivity index (χ3v) is 11.5. The Bertz CT molecular complexity index is 1010. The Morgan fingerprint density at radius 3 is 2.28 bits per heavy atom. The monoisotopic (exact) mass is 435 g/mol. The van der Waals surface area contributed by atoms with Gasteiger partial charge in [-0.05, 0) is 111 Å². The van der Waals surface area contributed by atoms with Gasteiger partial charge in [0.05, 0.1) is 0 Å². The number of aliphatic hydroxyl groups excluding tert-OH is 1. The number of carbonyl (C=O) groups is 1. The standard InChI is InChI=1S/C29H41NO2/c1-25-10-12-26(2,30(6)7)18-24(25)29(5)15-13-27(3)20-17-22(32)21(31)16-19(20)8-9-23(27)28(29,4)14-11-25/h8-9,16-17,24,31H,10-15,18H2,1-7H3/t24-,25-,26-,27+,28-,29+/m1/s1. The fraction of sp³-hybridized carbons (Fsp3) is 0.690. The molecule has 3 heteroatoms. The van der Waals surface area contributed by atoms with E-state index in [2.05, 4.69) is 65.8 Å². The Labute approximate surface area is 194 Å². The summed E-state index contributed by atoms with van der Waals surface area (Å²) in [5.74, 6) is 0.311. The number of nitrogens with zero attached hydrogens (tertiary/aromatic N) is 1. The molecular formula is C29H41NO2. The van der Waals surface area contributed by atoms with Crippen molar-refractivity contribution in [3.05, 3.63) is 46.8 Å². The highest BCUT2D eigenvalue weighted by Gasteiger charge is 2.66. The minimum Gasteiger partial charge on any atom is -0.504 e. The van der Waals surface area contributed by atoms with Gasteiger partial charge in [0.2, 0.25) is 5.78 Å². The Morgan fingerprint density at radius 1 is 0.906 bits per heavy atom. The van der Waals surface area contributed by atoms with E-state index in [4.69, 9.17) is 0 Å². The molecule has 0 aromatic heterocycles. The molecule has 0 saturated heterocycles. The smallest absolute Gasteiger partial charge is 0.220 e. The molecule has 174 valence electrons. The molecule has 0 aromatic rings. The molecule has 1 N–H and O–H groups in total. The molecular weight excluding hydrogens is 394 g/mol. The van der Waals surface area contributed by atoms with Crippen LogP contribution >= 0.6 is 0 Å². The first-order chi connectivity index (χ1) is 14.8. The van der Waals surface area contributed by atoms with Crippen molar-refractivity contribution in [1.29, 1.82) is 0 Å². The van der Waals surface area contributed by atoms with Crippen molar-refractivity contribution in [3.8, 4) is 0 Å². The van der Waals surface area contributed by atoms with Crippen LogP contribution in [0.1, 0.15) is 79.6 Å². The van der Waals surface area contributed by atoms with E-state index in [9.17, 15) is 9.90 Å². The van der Waals surface area contributed by atoms with Gasteiger partial charge in [-0.2, -0.15) is 0 Å². The third-order valence-electron chi connectivity index (χ3n) is 11.5. The van der Waals surface area contributed by atoms with Gasteiger partial charge >= 0.3 is 0 Å².